The molecule has 1 aromatic carbocycles. The Bertz CT molecular complexity index is 734. The zero-order chi connectivity index (χ0) is 15.5. The Labute approximate surface area is 133 Å². The van der Waals surface area contributed by atoms with Gasteiger partial charge in [-0.1, -0.05) is 29.3 Å². The topological polar surface area (TPSA) is 71.1 Å². The minimum Gasteiger partial charge on any atom is -0.353 e. The van der Waals surface area contributed by atoms with Crippen LogP contribution in [-0.4, -0.2) is 19.2 Å². The van der Waals surface area contributed by atoms with Crippen LogP contribution in [-0.2, 0) is 10.0 Å². The zero-order valence-electron chi connectivity index (χ0n) is 11.1. The van der Waals surface area contributed by atoms with Crippen molar-refractivity contribution >= 4 is 50.4 Å². The molecule has 0 spiro atoms. The van der Waals surface area contributed by atoms with Gasteiger partial charge < -0.3 is 5.32 Å². The molecule has 0 unspecified atom stereocenters. The third kappa shape index (κ3) is 4.23. The van der Waals surface area contributed by atoms with Crippen molar-refractivity contribution in [1.29, 1.82) is 0 Å². The van der Waals surface area contributed by atoms with Crippen LogP contribution >= 0.6 is 23.2 Å². The summed E-state index contributed by atoms with van der Waals surface area (Å²) >= 11 is 12.0. The first kappa shape index (κ1) is 15.9. The van der Waals surface area contributed by atoms with Crippen LogP contribution in [0.15, 0.2) is 36.5 Å². The molecule has 0 aliphatic heterocycles. The number of halogens is 2. The number of rotatable bonds is 5. The summed E-state index contributed by atoms with van der Waals surface area (Å²) in [6.07, 6.45) is 1.50. The number of hydrogen-bond acceptors (Lipinski definition) is 4. The van der Waals surface area contributed by atoms with E-state index < -0.39 is 10.0 Å². The predicted molar refractivity (Wildman–Crippen MR) is 87.1 cm³/mol. The van der Waals surface area contributed by atoms with Crippen molar-refractivity contribution in [3.05, 3.63) is 46.6 Å². The molecular weight excluding hydrogens is 333 g/mol. The second-order valence-corrected chi connectivity index (χ2v) is 6.96. The van der Waals surface area contributed by atoms with Crippen LogP contribution in [0.1, 0.15) is 6.92 Å². The Balaban J connectivity index is 2.15. The number of pyridine rings is 1. The smallest absolute Gasteiger partial charge is 0.233 e. The van der Waals surface area contributed by atoms with Gasteiger partial charge in [-0.25, -0.2) is 13.4 Å². The molecule has 5 nitrogen and oxygen atoms in total. The Morgan fingerprint density at radius 1 is 1.19 bits per heavy atom. The van der Waals surface area contributed by atoms with E-state index in [9.17, 15) is 8.42 Å². The van der Waals surface area contributed by atoms with Crippen LogP contribution in [0.5, 0.6) is 0 Å². The third-order valence-corrected chi connectivity index (χ3v) is 4.73. The Hall–Kier alpha value is -1.50. The molecule has 0 bridgehead atoms. The molecule has 0 aliphatic rings. The minimum absolute atomic E-state index is 0.00714. The van der Waals surface area contributed by atoms with Gasteiger partial charge in [-0.2, -0.15) is 0 Å². The number of anilines is 3. The van der Waals surface area contributed by atoms with Gasteiger partial charge in [-0.3, -0.25) is 4.72 Å². The monoisotopic (exact) mass is 345 g/mol. The van der Waals surface area contributed by atoms with E-state index in [0.29, 0.717) is 21.4 Å². The van der Waals surface area contributed by atoms with Gasteiger partial charge in [-0.05, 0) is 31.2 Å². The molecule has 0 saturated carbocycles. The fourth-order valence-electron chi connectivity index (χ4n) is 1.52. The molecular formula is C13H13Cl2N3O2S. The first-order valence-corrected chi connectivity index (χ1v) is 8.49. The van der Waals surface area contributed by atoms with E-state index in [1.54, 1.807) is 37.3 Å². The highest BCUT2D eigenvalue weighted by molar-refractivity contribution is 7.92. The van der Waals surface area contributed by atoms with E-state index in [1.807, 2.05) is 0 Å². The van der Waals surface area contributed by atoms with Crippen molar-refractivity contribution in [1.82, 2.24) is 4.98 Å². The molecule has 0 fully saturated rings. The molecule has 2 rings (SSSR count). The Morgan fingerprint density at radius 2 is 1.95 bits per heavy atom. The highest BCUT2D eigenvalue weighted by Crippen LogP contribution is 2.31. The molecule has 2 aromatic rings. The molecule has 8 heteroatoms. The van der Waals surface area contributed by atoms with E-state index >= 15 is 0 Å². The normalized spacial score (nSPS) is 11.2. The number of aromatic nitrogens is 1. The summed E-state index contributed by atoms with van der Waals surface area (Å²) in [5.74, 6) is 0.256. The quantitative estimate of drug-likeness (QED) is 0.862. The number of nitrogens with one attached hydrogen (secondary N) is 2. The summed E-state index contributed by atoms with van der Waals surface area (Å²) in [6, 6.07) is 8.50. The summed E-state index contributed by atoms with van der Waals surface area (Å²) in [5, 5.41) is 3.92. The van der Waals surface area contributed by atoms with Crippen LogP contribution in [0.2, 0.25) is 10.0 Å². The van der Waals surface area contributed by atoms with Crippen molar-refractivity contribution in [2.45, 2.75) is 6.92 Å². The van der Waals surface area contributed by atoms with Gasteiger partial charge in [0, 0.05) is 0 Å². The van der Waals surface area contributed by atoms with Crippen LogP contribution in [0.4, 0.5) is 17.2 Å². The largest absolute Gasteiger partial charge is 0.353 e. The van der Waals surface area contributed by atoms with Gasteiger partial charge in [0.05, 0.1) is 33.4 Å². The number of benzene rings is 1. The van der Waals surface area contributed by atoms with E-state index in [2.05, 4.69) is 15.0 Å². The van der Waals surface area contributed by atoms with Crippen LogP contribution in [0.3, 0.4) is 0 Å². The maximum absolute atomic E-state index is 11.4. The van der Waals surface area contributed by atoms with Gasteiger partial charge in [0.1, 0.15) is 5.82 Å². The van der Waals surface area contributed by atoms with Crippen molar-refractivity contribution in [3.8, 4) is 0 Å². The lowest BCUT2D eigenvalue weighted by molar-refractivity contribution is 0.602. The molecule has 0 amide bonds. The molecule has 0 atom stereocenters. The Kier molecular flexibility index (Phi) is 4.92. The summed E-state index contributed by atoms with van der Waals surface area (Å²) < 4.78 is 25.2. The van der Waals surface area contributed by atoms with Crippen molar-refractivity contribution in [3.63, 3.8) is 0 Å². The molecule has 0 aliphatic carbocycles. The highest BCUT2D eigenvalue weighted by Gasteiger charge is 2.08. The fraction of sp³-hybridized carbons (Fsp3) is 0.154. The molecule has 0 radical (unpaired) electrons. The SMILES string of the molecule is CCS(=O)(=O)Nc1ccc(Nc2cccc(Cl)c2Cl)cn1. The summed E-state index contributed by atoms with van der Waals surface area (Å²) in [4.78, 5) is 4.03. The average molecular weight is 346 g/mol. The standard InChI is InChI=1S/C13H13Cl2N3O2S/c1-2-21(19,20)18-12-7-6-9(8-16-12)17-11-5-3-4-10(14)13(11)15/h3-8,17H,2H2,1H3,(H,16,18). The van der Waals surface area contributed by atoms with Crippen LogP contribution in [0, 0.1) is 0 Å². The van der Waals surface area contributed by atoms with Crippen LogP contribution < -0.4 is 10.0 Å². The average Bonchev–Trinajstić information content (AvgIpc) is 2.46. The van der Waals surface area contributed by atoms with E-state index in [1.165, 1.54) is 6.20 Å². The summed E-state index contributed by atoms with van der Waals surface area (Å²) in [6.45, 7) is 1.55. The highest BCUT2D eigenvalue weighted by atomic mass is 35.5. The van der Waals surface area contributed by atoms with Gasteiger partial charge in [0.15, 0.2) is 0 Å². The number of sulfonamides is 1. The lowest BCUT2D eigenvalue weighted by Gasteiger charge is -2.10. The first-order valence-electron chi connectivity index (χ1n) is 6.09. The van der Waals surface area contributed by atoms with Crippen molar-refractivity contribution < 1.29 is 8.42 Å². The minimum atomic E-state index is -3.33. The van der Waals surface area contributed by atoms with Crippen LogP contribution in [0.25, 0.3) is 0 Å². The molecule has 2 N–H and O–H groups in total. The van der Waals surface area contributed by atoms with Gasteiger partial charge >= 0.3 is 0 Å². The maximum Gasteiger partial charge on any atom is 0.233 e. The molecule has 1 heterocycles. The Morgan fingerprint density at radius 3 is 2.57 bits per heavy atom. The third-order valence-electron chi connectivity index (χ3n) is 2.63. The number of nitrogens with zero attached hydrogens (tertiary/aromatic N) is 1. The predicted octanol–water partition coefficient (Wildman–Crippen LogP) is 3.89. The lowest BCUT2D eigenvalue weighted by atomic mass is 10.3. The molecule has 112 valence electrons. The van der Waals surface area contributed by atoms with E-state index in [0.717, 1.165) is 0 Å². The van der Waals surface area contributed by atoms with Gasteiger partial charge in [0.2, 0.25) is 10.0 Å². The summed E-state index contributed by atoms with van der Waals surface area (Å²) in [5.41, 5.74) is 1.31. The van der Waals surface area contributed by atoms with E-state index in [4.69, 9.17) is 23.2 Å². The number of hydrogen-bond donors (Lipinski definition) is 2. The molecule has 0 saturated heterocycles. The van der Waals surface area contributed by atoms with Gasteiger partial charge in [-0.15, -0.1) is 0 Å². The first-order chi connectivity index (χ1) is 9.91. The second-order valence-electron chi connectivity index (χ2n) is 4.16. The van der Waals surface area contributed by atoms with Crippen molar-refractivity contribution in [2.75, 3.05) is 15.8 Å². The lowest BCUT2D eigenvalue weighted by Crippen LogP contribution is -2.15. The molecule has 21 heavy (non-hydrogen) atoms. The van der Waals surface area contributed by atoms with Gasteiger partial charge in [0.25, 0.3) is 0 Å². The maximum atomic E-state index is 11.4. The molecule has 1 aromatic heterocycles. The second kappa shape index (κ2) is 6.51. The summed E-state index contributed by atoms with van der Waals surface area (Å²) in [7, 11) is -3.33. The van der Waals surface area contributed by atoms with E-state index in [-0.39, 0.29) is 11.6 Å². The zero-order valence-corrected chi connectivity index (χ0v) is 13.4. The fourth-order valence-corrected chi connectivity index (χ4v) is 2.45. The van der Waals surface area contributed by atoms with Crippen molar-refractivity contribution in [2.24, 2.45) is 0 Å².